The molecule has 67 heavy (non-hydrogen) atoms. The van der Waals surface area contributed by atoms with Gasteiger partial charge in [0, 0.05) is 53.7 Å². The number of hydrogen-bond donors (Lipinski definition) is 0. The van der Waals surface area contributed by atoms with Crippen LogP contribution in [0.25, 0.3) is 21.5 Å². The molecule has 2 nitrogen and oxygen atoms in total. The Morgan fingerprint density at radius 3 is 1.34 bits per heavy atom. The lowest BCUT2D eigenvalue weighted by atomic mass is 9.74. The van der Waals surface area contributed by atoms with Crippen LogP contribution in [0.15, 0.2) is 153 Å². The Morgan fingerprint density at radius 2 is 0.910 bits per heavy atom. The first-order chi connectivity index (χ1) is 32.8. The number of nitrogens with zero attached hydrogens (tertiary/aromatic N) is 2. The normalized spacial score (nSPS) is 16.2. The summed E-state index contributed by atoms with van der Waals surface area (Å²) in [5, 5.41) is 5.82. The predicted octanol–water partition coefficient (Wildman–Crippen LogP) is 19.4. The van der Waals surface area contributed by atoms with Gasteiger partial charge >= 0.3 is 0 Å². The molecule has 348 valence electrons. The molecule has 0 bridgehead atoms. The van der Waals surface area contributed by atoms with E-state index in [4.69, 9.17) is 0 Å². The summed E-state index contributed by atoms with van der Waals surface area (Å²) in [5.74, 6) is 18.0. The smallest absolute Gasteiger partial charge is 0.0483 e. The molecular formula is C61H70N2S4. The van der Waals surface area contributed by atoms with Crippen molar-refractivity contribution in [1.82, 2.24) is 0 Å². The van der Waals surface area contributed by atoms with Crippen molar-refractivity contribution in [3.63, 3.8) is 0 Å². The van der Waals surface area contributed by atoms with Crippen LogP contribution in [-0.2, 0) is 0 Å². The van der Waals surface area contributed by atoms with E-state index in [0.717, 1.165) is 23.7 Å². The van der Waals surface area contributed by atoms with Crippen molar-refractivity contribution in [2.45, 2.75) is 123 Å². The van der Waals surface area contributed by atoms with Crippen molar-refractivity contribution in [3.05, 3.63) is 145 Å². The molecular weight excluding hydrogens is 889 g/mol. The van der Waals surface area contributed by atoms with Crippen LogP contribution in [0.5, 0.6) is 0 Å². The third-order valence-corrected chi connectivity index (χ3v) is 19.6. The molecule has 0 heterocycles. The van der Waals surface area contributed by atoms with E-state index in [-0.39, 0.29) is 31.5 Å². The zero-order valence-corrected chi connectivity index (χ0v) is 43.7. The number of thioether (sulfide) groups is 1. The van der Waals surface area contributed by atoms with Gasteiger partial charge in [0.15, 0.2) is 0 Å². The van der Waals surface area contributed by atoms with Crippen LogP contribution < -0.4 is 9.80 Å². The third kappa shape index (κ3) is 10.3. The van der Waals surface area contributed by atoms with Crippen LogP contribution in [0.2, 0.25) is 0 Å². The number of rotatable bonds is 16. The molecule has 6 heteroatoms. The number of para-hydroxylation sites is 2. The van der Waals surface area contributed by atoms with Gasteiger partial charge in [0.1, 0.15) is 0 Å². The second kappa shape index (κ2) is 22.0. The van der Waals surface area contributed by atoms with Gasteiger partial charge in [0.2, 0.25) is 0 Å². The Kier molecular flexibility index (Phi) is 15.6. The highest BCUT2D eigenvalue weighted by Gasteiger charge is 2.29. The quantitative estimate of drug-likeness (QED) is 0.0541. The highest BCUT2D eigenvalue weighted by atomic mass is 32.2. The fraction of sp³-hybridized carbons (Fsp3) is 0.328. The molecule has 2 aliphatic carbocycles. The predicted molar refractivity (Wildman–Crippen MR) is 309 cm³/mol. The first kappa shape index (κ1) is 47.7. The molecule has 2 fully saturated rings. The van der Waals surface area contributed by atoms with E-state index in [1.54, 1.807) is 11.1 Å². The first-order valence-electron chi connectivity index (χ1n) is 24.9. The van der Waals surface area contributed by atoms with E-state index in [9.17, 15) is 0 Å². The highest BCUT2D eigenvalue weighted by Crippen LogP contribution is 2.51. The monoisotopic (exact) mass is 958 g/mol. The van der Waals surface area contributed by atoms with Crippen molar-refractivity contribution in [1.29, 1.82) is 0 Å². The van der Waals surface area contributed by atoms with Crippen LogP contribution in [0, 0.1) is 0 Å². The van der Waals surface area contributed by atoms with E-state index >= 15 is 0 Å². The molecule has 0 spiro atoms. The molecule has 3 unspecified atom stereocenters. The van der Waals surface area contributed by atoms with Gasteiger partial charge in [0.25, 0.3) is 0 Å². The summed E-state index contributed by atoms with van der Waals surface area (Å²) in [6.45, 7) is 6.80. The summed E-state index contributed by atoms with van der Waals surface area (Å²) in [5.41, 5.74) is 10.4. The van der Waals surface area contributed by atoms with Crippen LogP contribution in [0.4, 0.5) is 34.1 Å². The average molecular weight is 960 g/mol. The summed E-state index contributed by atoms with van der Waals surface area (Å²) < 4.78 is 0. The Hall–Kier alpha value is -4.33. The molecule has 7 aromatic carbocycles. The number of benzene rings is 7. The second-order valence-electron chi connectivity index (χ2n) is 18.7. The van der Waals surface area contributed by atoms with Gasteiger partial charge in [-0.1, -0.05) is 125 Å². The van der Waals surface area contributed by atoms with Gasteiger partial charge in [-0.2, -0.15) is 31.5 Å². The molecule has 0 radical (unpaired) electrons. The maximum absolute atomic E-state index is 4.65. The van der Waals surface area contributed by atoms with Gasteiger partial charge in [-0.15, -0.1) is 11.8 Å². The highest BCUT2D eigenvalue weighted by molar-refractivity contribution is 8.15. The van der Waals surface area contributed by atoms with E-state index in [1.807, 2.05) is 11.8 Å². The average Bonchev–Trinajstić information content (AvgIpc) is 3.38. The lowest BCUT2D eigenvalue weighted by Crippen LogP contribution is -2.13. The van der Waals surface area contributed by atoms with Gasteiger partial charge in [-0.25, -0.2) is 0 Å². The molecule has 0 aromatic heterocycles. The van der Waals surface area contributed by atoms with E-state index < -0.39 is 0 Å². The van der Waals surface area contributed by atoms with Crippen LogP contribution >= 0.6 is 43.2 Å². The maximum atomic E-state index is 4.65. The van der Waals surface area contributed by atoms with Crippen molar-refractivity contribution < 1.29 is 0 Å². The molecule has 3 atom stereocenters. The minimum atomic E-state index is -0.122. The Morgan fingerprint density at radius 1 is 0.463 bits per heavy atom. The fourth-order valence-corrected chi connectivity index (χ4v) is 14.3. The summed E-state index contributed by atoms with van der Waals surface area (Å²) in [4.78, 5) is 10.3. The Labute approximate surface area is 414 Å². The molecule has 0 N–H and O–H groups in total. The number of anilines is 6. The number of hydrogen-bond acceptors (Lipinski definition) is 3. The topological polar surface area (TPSA) is 6.48 Å². The number of fused-ring (bicyclic) bond motifs is 2. The molecule has 0 aliphatic heterocycles. The summed E-state index contributed by atoms with van der Waals surface area (Å²) in [6, 6.07) is 51.7. The molecule has 9 rings (SSSR count). The van der Waals surface area contributed by atoms with Gasteiger partial charge < -0.3 is 9.80 Å². The van der Waals surface area contributed by atoms with Gasteiger partial charge in [-0.3, -0.25) is 0 Å². The zero-order chi connectivity index (χ0) is 46.4. The van der Waals surface area contributed by atoms with Gasteiger partial charge in [0.05, 0.1) is 0 Å². The first-order valence-corrected chi connectivity index (χ1v) is 30.8. The second-order valence-corrected chi connectivity index (χ2v) is 25.7. The van der Waals surface area contributed by atoms with Crippen LogP contribution in [-0.4, -0.2) is 41.1 Å². The Bertz CT molecular complexity index is 2880. The minimum Gasteiger partial charge on any atom is -0.310 e. The molecule has 0 amide bonds. The SMILES string of the molecule is C=S(C)c1cc(SCCC)cc(N(c2ccccc2)c2ccc3c(C4CCCCC4)c4cc(N(c5ccccc5)c5cc(S(=C)CC)cc(S(=C)CC)c5)ccc4c(C4CCCCC4)c3c2)c1. The molecule has 2 saturated carbocycles. The van der Waals surface area contributed by atoms with Crippen molar-refractivity contribution in [2.24, 2.45) is 0 Å². The van der Waals surface area contributed by atoms with Crippen molar-refractivity contribution in [2.75, 3.05) is 33.3 Å². The zero-order valence-electron chi connectivity index (χ0n) is 40.4. The van der Waals surface area contributed by atoms with E-state index in [1.165, 1.54) is 139 Å². The Balaban J connectivity index is 1.32. The van der Waals surface area contributed by atoms with Crippen molar-refractivity contribution >= 4 is 116 Å². The van der Waals surface area contributed by atoms with Crippen molar-refractivity contribution in [3.8, 4) is 0 Å². The third-order valence-electron chi connectivity index (χ3n) is 14.2. The fourth-order valence-electron chi connectivity index (χ4n) is 10.8. The molecule has 2 aliphatic rings. The van der Waals surface area contributed by atoms with Crippen LogP contribution in [0.3, 0.4) is 0 Å². The lowest BCUT2D eigenvalue weighted by molar-refractivity contribution is 0.445. The molecule has 0 saturated heterocycles. The maximum Gasteiger partial charge on any atom is 0.0483 e. The molecule has 7 aromatic rings. The minimum absolute atomic E-state index is 0.104. The van der Waals surface area contributed by atoms with E-state index in [0.29, 0.717) is 11.8 Å². The summed E-state index contributed by atoms with van der Waals surface area (Å²) in [7, 11) is -0.329. The largest absolute Gasteiger partial charge is 0.310 e. The standard InChI is InChI=1S/C61H70N2S4/c1-8-35-64-52-36-50(37-53(42-52)65(4)5)62(46-27-19-13-20-28-46)48-31-33-56-58(40-48)60(44-23-15-11-16-24-44)57-34-32-49(41-59(57)61(56)45-25-17-12-18-26-45)63(47-29-21-14-22-30-47)51-38-54(66(6)9-2)43-55(39-51)67(7)10-3/h13-14,19-22,27-34,36-45H,4,6-12,15-18,23-26,35H2,1-3,5H3. The van der Waals surface area contributed by atoms with Crippen LogP contribution in [0.1, 0.15) is 114 Å². The summed E-state index contributed by atoms with van der Waals surface area (Å²) >= 11 is 1.96. The lowest BCUT2D eigenvalue weighted by Gasteiger charge is -2.32. The van der Waals surface area contributed by atoms with Gasteiger partial charge in [-0.05, 0) is 185 Å². The summed E-state index contributed by atoms with van der Waals surface area (Å²) in [6.07, 6.45) is 16.2. The van der Waals surface area contributed by atoms with E-state index in [2.05, 4.69) is 188 Å².